The summed E-state index contributed by atoms with van der Waals surface area (Å²) in [4.78, 5) is 22.2. The first kappa shape index (κ1) is 18.8. The molecule has 7 nitrogen and oxygen atoms in total. The number of nitrogens with zero attached hydrogens (tertiary/aromatic N) is 4. The molecule has 0 unspecified atom stereocenters. The molecule has 0 spiro atoms. The van der Waals surface area contributed by atoms with E-state index in [4.69, 9.17) is 9.26 Å². The third-order valence-electron chi connectivity index (χ3n) is 4.65. The van der Waals surface area contributed by atoms with Crippen molar-refractivity contribution in [3.05, 3.63) is 29.8 Å². The Morgan fingerprint density at radius 1 is 1.25 bits per heavy atom. The second-order valence-corrected chi connectivity index (χ2v) is 7.59. The van der Waals surface area contributed by atoms with Gasteiger partial charge in [0.1, 0.15) is 16.4 Å². The van der Waals surface area contributed by atoms with Crippen molar-refractivity contribution in [2.75, 3.05) is 24.2 Å². The lowest BCUT2D eigenvalue weighted by atomic mass is 10.0. The van der Waals surface area contributed by atoms with Gasteiger partial charge in [-0.25, -0.2) is 9.37 Å². The van der Waals surface area contributed by atoms with E-state index in [1.807, 2.05) is 25.0 Å². The summed E-state index contributed by atoms with van der Waals surface area (Å²) in [5.41, 5.74) is 1.26. The van der Waals surface area contributed by atoms with Crippen molar-refractivity contribution in [2.45, 2.75) is 31.1 Å². The molecule has 0 aliphatic carbocycles. The Balaban J connectivity index is 1.83. The fraction of sp³-hybridized carbons (Fsp3) is 0.368. The van der Waals surface area contributed by atoms with E-state index in [9.17, 15) is 4.79 Å². The largest absolute Gasteiger partial charge is 0.372 e. The van der Waals surface area contributed by atoms with Crippen molar-refractivity contribution >= 4 is 34.7 Å². The van der Waals surface area contributed by atoms with Crippen molar-refractivity contribution in [3.8, 4) is 11.4 Å². The summed E-state index contributed by atoms with van der Waals surface area (Å²) >= 11 is 1.47. The first-order chi connectivity index (χ1) is 13.5. The highest BCUT2D eigenvalue weighted by Gasteiger charge is 2.29. The third kappa shape index (κ3) is 3.24. The van der Waals surface area contributed by atoms with Crippen LogP contribution in [0.5, 0.6) is 0 Å². The van der Waals surface area contributed by atoms with Gasteiger partial charge in [-0.2, -0.15) is 0 Å². The van der Waals surface area contributed by atoms with Gasteiger partial charge in [-0.15, -0.1) is 11.8 Å². The average molecular weight is 402 g/mol. The van der Waals surface area contributed by atoms with Crippen LogP contribution in [0.25, 0.3) is 22.4 Å². The number of carbonyl (C=O) groups is 1. The van der Waals surface area contributed by atoms with Crippen LogP contribution in [-0.4, -0.2) is 53.0 Å². The fourth-order valence-electron chi connectivity index (χ4n) is 3.55. The van der Waals surface area contributed by atoms with Crippen LogP contribution >= 0.6 is 11.8 Å². The van der Waals surface area contributed by atoms with Crippen molar-refractivity contribution in [1.29, 1.82) is 0 Å². The number of hydrogen-bond acceptors (Lipinski definition) is 8. The molecule has 1 aliphatic rings. The summed E-state index contributed by atoms with van der Waals surface area (Å²) in [6.45, 7) is 4.80. The van der Waals surface area contributed by atoms with Crippen LogP contribution in [0.4, 0.5) is 10.1 Å². The van der Waals surface area contributed by atoms with E-state index in [0.717, 1.165) is 5.03 Å². The monoisotopic (exact) mass is 402 g/mol. The van der Waals surface area contributed by atoms with E-state index in [1.54, 1.807) is 18.5 Å². The third-order valence-corrected chi connectivity index (χ3v) is 5.28. The molecule has 4 rings (SSSR count). The summed E-state index contributed by atoms with van der Waals surface area (Å²) in [5.74, 6) is -0.603. The molecule has 1 fully saturated rings. The van der Waals surface area contributed by atoms with E-state index in [0.29, 0.717) is 36.1 Å². The second kappa shape index (κ2) is 7.48. The highest BCUT2D eigenvalue weighted by Crippen LogP contribution is 2.36. The number of rotatable bonds is 4. The minimum atomic E-state index is -0.603. The predicted molar refractivity (Wildman–Crippen MR) is 104 cm³/mol. The zero-order chi connectivity index (χ0) is 19.8. The number of carbonyl (C=O) groups excluding carboxylic acids is 1. The molecule has 3 aromatic rings. The van der Waals surface area contributed by atoms with Crippen molar-refractivity contribution in [2.24, 2.45) is 0 Å². The first-order valence-corrected chi connectivity index (χ1v) is 10.1. The van der Waals surface area contributed by atoms with Gasteiger partial charge in [0.25, 0.3) is 0 Å². The van der Waals surface area contributed by atoms with Crippen molar-refractivity contribution in [1.82, 2.24) is 15.1 Å². The predicted octanol–water partition coefficient (Wildman–Crippen LogP) is 3.57. The van der Waals surface area contributed by atoms with Gasteiger partial charge in [0, 0.05) is 18.7 Å². The van der Waals surface area contributed by atoms with Crippen LogP contribution in [0.3, 0.4) is 0 Å². The van der Waals surface area contributed by atoms with Gasteiger partial charge in [-0.3, -0.25) is 9.78 Å². The van der Waals surface area contributed by atoms with Crippen LogP contribution < -0.4 is 4.90 Å². The maximum atomic E-state index is 15.4. The number of fused-ring (bicyclic) bond motifs is 1. The molecule has 0 saturated carbocycles. The van der Waals surface area contributed by atoms with Gasteiger partial charge < -0.3 is 14.2 Å². The molecule has 9 heteroatoms. The standard InChI is InChI=1S/C19H19FN4O3S/c1-10-7-24(8-11(2)26-10)18-12(9-25)4-13-17(23-27-19(13)16(18)20)14-5-22-15(28-3)6-21-14/h4-6,9-11H,7-8H2,1-3H3/t10-,11+. The molecule has 3 heterocycles. The van der Waals surface area contributed by atoms with Crippen LogP contribution in [0.1, 0.15) is 24.2 Å². The van der Waals surface area contributed by atoms with Crippen LogP contribution in [0.2, 0.25) is 0 Å². The van der Waals surface area contributed by atoms with Crippen LogP contribution in [0, 0.1) is 5.82 Å². The maximum absolute atomic E-state index is 15.4. The number of hydrogen-bond donors (Lipinski definition) is 0. The van der Waals surface area contributed by atoms with Crippen LogP contribution in [-0.2, 0) is 4.74 Å². The lowest BCUT2D eigenvalue weighted by Crippen LogP contribution is -2.46. The molecular weight excluding hydrogens is 383 g/mol. The molecule has 1 aromatic carbocycles. The summed E-state index contributed by atoms with van der Waals surface area (Å²) in [7, 11) is 0. The Hall–Kier alpha value is -2.52. The van der Waals surface area contributed by atoms with Gasteiger partial charge in [0.2, 0.25) is 5.58 Å². The number of ether oxygens (including phenoxy) is 1. The lowest BCUT2D eigenvalue weighted by Gasteiger charge is -2.37. The van der Waals surface area contributed by atoms with Gasteiger partial charge in [0.15, 0.2) is 12.1 Å². The Kier molecular flexibility index (Phi) is 5.03. The number of morpholine rings is 1. The molecule has 1 aliphatic heterocycles. The molecule has 0 radical (unpaired) electrons. The van der Waals surface area contributed by atoms with E-state index < -0.39 is 5.82 Å². The Bertz CT molecular complexity index is 1010. The van der Waals surface area contributed by atoms with Crippen LogP contribution in [0.15, 0.2) is 28.0 Å². The Morgan fingerprint density at radius 2 is 2.00 bits per heavy atom. The molecule has 2 aromatic heterocycles. The van der Waals surface area contributed by atoms with Crippen molar-refractivity contribution in [3.63, 3.8) is 0 Å². The highest BCUT2D eigenvalue weighted by molar-refractivity contribution is 7.98. The molecule has 1 saturated heterocycles. The number of anilines is 1. The average Bonchev–Trinajstić information content (AvgIpc) is 3.11. The maximum Gasteiger partial charge on any atom is 0.205 e. The molecule has 0 bridgehead atoms. The SMILES string of the molecule is CSc1cnc(-c2noc3c(F)c(N4C[C@@H](C)O[C@@H](C)C4)c(C=O)cc23)cn1. The Labute approximate surface area is 165 Å². The van der Waals surface area contributed by atoms with Gasteiger partial charge in [-0.1, -0.05) is 5.16 Å². The molecule has 2 atom stereocenters. The number of thioether (sulfide) groups is 1. The normalized spacial score (nSPS) is 19.9. The van der Waals surface area contributed by atoms with Gasteiger partial charge in [0.05, 0.1) is 35.7 Å². The first-order valence-electron chi connectivity index (χ1n) is 8.85. The molecule has 0 N–H and O–H groups in total. The zero-order valence-corrected chi connectivity index (χ0v) is 16.5. The van der Waals surface area contributed by atoms with Gasteiger partial charge in [-0.05, 0) is 26.2 Å². The smallest absolute Gasteiger partial charge is 0.205 e. The number of aromatic nitrogens is 3. The summed E-state index contributed by atoms with van der Waals surface area (Å²) in [5, 5.41) is 5.14. The zero-order valence-electron chi connectivity index (χ0n) is 15.7. The van der Waals surface area contributed by atoms with E-state index >= 15 is 4.39 Å². The quantitative estimate of drug-likeness (QED) is 0.484. The lowest BCUT2D eigenvalue weighted by molar-refractivity contribution is -0.00543. The number of halogens is 1. The molecule has 28 heavy (non-hydrogen) atoms. The number of benzene rings is 1. The highest BCUT2D eigenvalue weighted by atomic mass is 32.2. The minimum absolute atomic E-state index is 0.00172. The van der Waals surface area contributed by atoms with Crippen molar-refractivity contribution < 1.29 is 18.4 Å². The summed E-state index contributed by atoms with van der Waals surface area (Å²) < 4.78 is 26.4. The minimum Gasteiger partial charge on any atom is -0.372 e. The molecule has 0 amide bonds. The van der Waals surface area contributed by atoms with E-state index in [2.05, 4.69) is 15.1 Å². The fourth-order valence-corrected chi connectivity index (χ4v) is 3.86. The summed E-state index contributed by atoms with van der Waals surface area (Å²) in [6.07, 6.45) is 5.57. The second-order valence-electron chi connectivity index (χ2n) is 6.76. The van der Waals surface area contributed by atoms with E-state index in [-0.39, 0.29) is 29.0 Å². The topological polar surface area (TPSA) is 81.4 Å². The van der Waals surface area contributed by atoms with Gasteiger partial charge >= 0.3 is 0 Å². The summed E-state index contributed by atoms with van der Waals surface area (Å²) in [6, 6.07) is 1.60. The molecular formula is C19H19FN4O3S. The number of aldehydes is 1. The molecule has 146 valence electrons. The Morgan fingerprint density at radius 3 is 2.61 bits per heavy atom. The van der Waals surface area contributed by atoms with E-state index in [1.165, 1.54) is 11.8 Å².